The largest absolute Gasteiger partial charge is 0.366 e. The Hall–Kier alpha value is -1.15. The average molecular weight is 417 g/mol. The molecule has 0 saturated heterocycles. The lowest BCUT2D eigenvalue weighted by Gasteiger charge is -2.32. The number of hydrogen-bond acceptors (Lipinski definition) is 3. The Labute approximate surface area is 144 Å². The van der Waals surface area contributed by atoms with Crippen molar-refractivity contribution in [1.82, 2.24) is 4.90 Å². The van der Waals surface area contributed by atoms with Crippen molar-refractivity contribution in [2.75, 3.05) is 37.6 Å². The van der Waals surface area contributed by atoms with Gasteiger partial charge in [-0.1, -0.05) is 13.8 Å². The van der Waals surface area contributed by atoms with Crippen LogP contribution in [0.2, 0.25) is 0 Å². The van der Waals surface area contributed by atoms with Crippen LogP contribution < -0.4 is 10.6 Å². The molecular weight excluding hydrogens is 396 g/mol. The number of hydrogen-bond donors (Lipinski definition) is 1. The summed E-state index contributed by atoms with van der Waals surface area (Å²) in [5.41, 5.74) is 6.98. The summed E-state index contributed by atoms with van der Waals surface area (Å²) in [6.07, 6.45) is 1.56. The molecule has 0 aliphatic carbocycles. The standard InChI is InChI=1S/C16H21FIN3O/c1-3-20(4-2)7-8-21-6-5-14(17)12-9-11(18)10-13(15(12)21)16(19)22/h5,9-10H,3-4,6-8H2,1-2H3,(H2,19,22). The van der Waals surface area contributed by atoms with Crippen LogP contribution in [0.1, 0.15) is 29.8 Å². The van der Waals surface area contributed by atoms with Gasteiger partial charge in [0, 0.05) is 28.8 Å². The van der Waals surface area contributed by atoms with Gasteiger partial charge in [0.2, 0.25) is 0 Å². The van der Waals surface area contributed by atoms with Crippen LogP contribution in [0.5, 0.6) is 0 Å². The van der Waals surface area contributed by atoms with Gasteiger partial charge in [0.1, 0.15) is 5.83 Å². The van der Waals surface area contributed by atoms with Crippen molar-refractivity contribution < 1.29 is 9.18 Å². The fraction of sp³-hybridized carbons (Fsp3) is 0.438. The van der Waals surface area contributed by atoms with Gasteiger partial charge in [0.15, 0.2) is 0 Å². The summed E-state index contributed by atoms with van der Waals surface area (Å²) in [5, 5.41) is 0. The SMILES string of the molecule is CCN(CC)CCN1CC=C(F)c2cc(I)cc(C(N)=O)c21. The lowest BCUT2D eigenvalue weighted by molar-refractivity contribution is 0.100. The molecule has 0 radical (unpaired) electrons. The third kappa shape index (κ3) is 3.60. The number of benzene rings is 1. The highest BCUT2D eigenvalue weighted by Crippen LogP contribution is 2.36. The van der Waals surface area contributed by atoms with Crippen molar-refractivity contribution in [3.63, 3.8) is 0 Å². The predicted molar refractivity (Wildman–Crippen MR) is 96.8 cm³/mol. The monoisotopic (exact) mass is 417 g/mol. The van der Waals surface area contributed by atoms with E-state index in [1.165, 1.54) is 0 Å². The lowest BCUT2D eigenvalue weighted by atomic mass is 10.0. The molecule has 0 bridgehead atoms. The second-order valence-electron chi connectivity index (χ2n) is 5.24. The summed E-state index contributed by atoms with van der Waals surface area (Å²) in [5.74, 6) is -0.799. The Balaban J connectivity index is 2.37. The van der Waals surface area contributed by atoms with Gasteiger partial charge in [-0.3, -0.25) is 4.79 Å². The number of fused-ring (bicyclic) bond motifs is 1. The molecule has 1 heterocycles. The highest BCUT2D eigenvalue weighted by Gasteiger charge is 2.25. The molecule has 0 unspecified atom stereocenters. The summed E-state index contributed by atoms with van der Waals surface area (Å²) in [6, 6.07) is 3.49. The Kier molecular flexibility index (Phi) is 5.80. The minimum Gasteiger partial charge on any atom is -0.366 e. The molecule has 1 aromatic carbocycles. The number of amides is 1. The molecule has 2 rings (SSSR count). The van der Waals surface area contributed by atoms with Gasteiger partial charge in [-0.05, 0) is 53.9 Å². The van der Waals surface area contributed by atoms with Crippen LogP contribution in [0.25, 0.3) is 5.83 Å². The number of likely N-dealkylation sites (N-methyl/N-ethyl adjacent to an activating group) is 1. The van der Waals surface area contributed by atoms with Gasteiger partial charge in [0.05, 0.1) is 11.3 Å². The van der Waals surface area contributed by atoms with Crippen LogP contribution in [0.15, 0.2) is 18.2 Å². The van der Waals surface area contributed by atoms with Crippen LogP contribution >= 0.6 is 22.6 Å². The third-order valence-corrected chi connectivity index (χ3v) is 4.61. The van der Waals surface area contributed by atoms with Crippen molar-refractivity contribution in [2.24, 2.45) is 5.73 Å². The van der Waals surface area contributed by atoms with E-state index in [9.17, 15) is 9.18 Å². The fourth-order valence-corrected chi connectivity index (χ4v) is 3.33. The molecule has 0 atom stereocenters. The molecule has 0 spiro atoms. The van der Waals surface area contributed by atoms with Gasteiger partial charge in [-0.15, -0.1) is 0 Å². The first-order valence-electron chi connectivity index (χ1n) is 7.44. The van der Waals surface area contributed by atoms with E-state index < -0.39 is 5.91 Å². The highest BCUT2D eigenvalue weighted by molar-refractivity contribution is 14.1. The van der Waals surface area contributed by atoms with Crippen molar-refractivity contribution in [1.29, 1.82) is 0 Å². The first-order chi connectivity index (χ1) is 10.5. The van der Waals surface area contributed by atoms with Gasteiger partial charge in [-0.25, -0.2) is 4.39 Å². The Morgan fingerprint density at radius 1 is 1.41 bits per heavy atom. The number of carbonyl (C=O) groups is 1. The van der Waals surface area contributed by atoms with Crippen LogP contribution in [-0.2, 0) is 0 Å². The molecule has 1 aliphatic heterocycles. The van der Waals surface area contributed by atoms with Gasteiger partial charge < -0.3 is 15.5 Å². The van der Waals surface area contributed by atoms with Crippen molar-refractivity contribution in [3.8, 4) is 0 Å². The summed E-state index contributed by atoms with van der Waals surface area (Å²) < 4.78 is 15.0. The average Bonchev–Trinajstić information content (AvgIpc) is 2.49. The van der Waals surface area contributed by atoms with E-state index in [-0.39, 0.29) is 5.83 Å². The van der Waals surface area contributed by atoms with Gasteiger partial charge in [-0.2, -0.15) is 0 Å². The maximum Gasteiger partial charge on any atom is 0.250 e. The number of anilines is 1. The minimum atomic E-state index is -0.516. The van der Waals surface area contributed by atoms with E-state index in [0.29, 0.717) is 23.4 Å². The molecule has 0 fully saturated rings. The molecule has 120 valence electrons. The second kappa shape index (κ2) is 7.41. The fourth-order valence-electron chi connectivity index (χ4n) is 2.71. The zero-order valence-electron chi connectivity index (χ0n) is 12.9. The number of primary amides is 1. The Bertz CT molecular complexity index is 599. The van der Waals surface area contributed by atoms with E-state index in [0.717, 1.165) is 29.7 Å². The van der Waals surface area contributed by atoms with E-state index >= 15 is 0 Å². The van der Waals surface area contributed by atoms with E-state index in [1.54, 1.807) is 18.2 Å². The third-order valence-electron chi connectivity index (χ3n) is 3.99. The van der Waals surface area contributed by atoms with E-state index in [4.69, 9.17) is 5.73 Å². The minimum absolute atomic E-state index is 0.282. The van der Waals surface area contributed by atoms with E-state index in [1.807, 2.05) is 4.90 Å². The highest BCUT2D eigenvalue weighted by atomic mass is 127. The normalized spacial score (nSPS) is 14.0. The zero-order valence-corrected chi connectivity index (χ0v) is 15.1. The van der Waals surface area contributed by atoms with Crippen molar-refractivity contribution in [3.05, 3.63) is 32.9 Å². The summed E-state index contributed by atoms with van der Waals surface area (Å²) in [7, 11) is 0. The molecule has 0 aromatic heterocycles. The maximum absolute atomic E-state index is 14.2. The Morgan fingerprint density at radius 3 is 2.68 bits per heavy atom. The van der Waals surface area contributed by atoms with Crippen LogP contribution in [0, 0.1) is 3.57 Å². The molecule has 1 aliphatic rings. The first kappa shape index (κ1) is 17.2. The summed E-state index contributed by atoms with van der Waals surface area (Å²) >= 11 is 2.08. The summed E-state index contributed by atoms with van der Waals surface area (Å²) in [6.45, 7) is 8.23. The first-order valence-corrected chi connectivity index (χ1v) is 8.52. The topological polar surface area (TPSA) is 49.6 Å². The molecule has 0 saturated carbocycles. The molecule has 1 amide bonds. The van der Waals surface area contributed by atoms with E-state index in [2.05, 4.69) is 41.3 Å². The van der Waals surface area contributed by atoms with Crippen LogP contribution in [0.3, 0.4) is 0 Å². The quantitative estimate of drug-likeness (QED) is 0.725. The van der Waals surface area contributed by atoms with Crippen LogP contribution in [-0.4, -0.2) is 43.5 Å². The number of carbonyl (C=O) groups excluding carboxylic acids is 1. The molecular formula is C16H21FIN3O. The van der Waals surface area contributed by atoms with Crippen molar-refractivity contribution in [2.45, 2.75) is 13.8 Å². The van der Waals surface area contributed by atoms with Gasteiger partial charge in [0.25, 0.3) is 5.91 Å². The second-order valence-corrected chi connectivity index (χ2v) is 6.48. The molecule has 2 N–H and O–H groups in total. The van der Waals surface area contributed by atoms with Crippen molar-refractivity contribution >= 4 is 40.0 Å². The smallest absolute Gasteiger partial charge is 0.250 e. The molecule has 6 heteroatoms. The van der Waals surface area contributed by atoms with Gasteiger partial charge >= 0.3 is 0 Å². The number of rotatable bonds is 6. The predicted octanol–water partition coefficient (Wildman–Crippen LogP) is 2.86. The summed E-state index contributed by atoms with van der Waals surface area (Å²) in [4.78, 5) is 16.1. The maximum atomic E-state index is 14.2. The molecule has 4 nitrogen and oxygen atoms in total. The number of halogens is 2. The van der Waals surface area contributed by atoms with Crippen LogP contribution in [0.4, 0.5) is 10.1 Å². The number of nitrogens with two attached hydrogens (primary N) is 1. The molecule has 1 aromatic rings. The number of nitrogens with zero attached hydrogens (tertiary/aromatic N) is 2. The zero-order chi connectivity index (χ0) is 16.3. The lowest BCUT2D eigenvalue weighted by Crippen LogP contribution is -2.37. The Morgan fingerprint density at radius 2 is 2.09 bits per heavy atom. The molecule has 22 heavy (non-hydrogen) atoms.